The first kappa shape index (κ1) is 12.4. The lowest BCUT2D eigenvalue weighted by Gasteiger charge is -2.17. The Morgan fingerprint density at radius 2 is 2.00 bits per heavy atom. The molecule has 0 radical (unpaired) electrons. The monoisotopic (exact) mass is 256 g/mol. The second-order valence-corrected chi connectivity index (χ2v) is 4.78. The molecule has 0 aromatic carbocycles. The Kier molecular flexibility index (Phi) is 4.05. The first-order valence-corrected chi connectivity index (χ1v) is 6.42. The van der Waals surface area contributed by atoms with Gasteiger partial charge in [-0.3, -0.25) is 9.36 Å². The molecule has 0 N–H and O–H groups in total. The summed E-state index contributed by atoms with van der Waals surface area (Å²) in [6.07, 6.45) is 8.46. The molecule has 5 heteroatoms. The molecule has 0 atom stereocenters. The van der Waals surface area contributed by atoms with Gasteiger partial charge in [-0.05, 0) is 12.8 Å². The van der Waals surface area contributed by atoms with Crippen molar-refractivity contribution in [1.29, 1.82) is 0 Å². The smallest absolute Gasteiger partial charge is 0.297 e. The number of ether oxygens (including phenoxy) is 1. The van der Waals surface area contributed by atoms with Crippen LogP contribution >= 0.6 is 11.6 Å². The van der Waals surface area contributed by atoms with Crippen molar-refractivity contribution in [2.75, 3.05) is 7.11 Å². The first-order valence-electron chi connectivity index (χ1n) is 6.04. The van der Waals surface area contributed by atoms with E-state index in [0.717, 1.165) is 12.8 Å². The third-order valence-corrected chi connectivity index (χ3v) is 3.60. The van der Waals surface area contributed by atoms with Crippen LogP contribution in [0.25, 0.3) is 0 Å². The molecule has 0 amide bonds. The molecule has 1 aromatic heterocycles. The predicted molar refractivity (Wildman–Crippen MR) is 66.8 cm³/mol. The highest BCUT2D eigenvalue weighted by Gasteiger charge is 2.18. The summed E-state index contributed by atoms with van der Waals surface area (Å²) < 4.78 is 6.69. The number of methoxy groups -OCH3 is 1. The zero-order valence-electron chi connectivity index (χ0n) is 9.99. The van der Waals surface area contributed by atoms with Crippen molar-refractivity contribution in [2.45, 2.75) is 44.6 Å². The highest BCUT2D eigenvalue weighted by Crippen LogP contribution is 2.27. The van der Waals surface area contributed by atoms with Gasteiger partial charge in [0, 0.05) is 6.04 Å². The molecule has 0 spiro atoms. The molecule has 1 saturated carbocycles. The van der Waals surface area contributed by atoms with Crippen molar-refractivity contribution in [3.8, 4) is 5.75 Å². The predicted octanol–water partition coefficient (Wildman–Crippen LogP) is 2.80. The van der Waals surface area contributed by atoms with Gasteiger partial charge in [-0.1, -0.05) is 37.3 Å². The van der Waals surface area contributed by atoms with Gasteiger partial charge < -0.3 is 4.74 Å². The highest BCUT2D eigenvalue weighted by molar-refractivity contribution is 6.30. The van der Waals surface area contributed by atoms with Crippen molar-refractivity contribution in [3.05, 3.63) is 21.8 Å². The number of hydrogen-bond acceptors (Lipinski definition) is 3. The minimum absolute atomic E-state index is 0.141. The summed E-state index contributed by atoms with van der Waals surface area (Å²) in [5.41, 5.74) is -0.167. The van der Waals surface area contributed by atoms with E-state index in [4.69, 9.17) is 16.3 Å². The number of nitrogens with zero attached hydrogens (tertiary/aromatic N) is 2. The van der Waals surface area contributed by atoms with Crippen LogP contribution in [0.5, 0.6) is 5.75 Å². The average molecular weight is 257 g/mol. The second kappa shape index (κ2) is 5.54. The van der Waals surface area contributed by atoms with Crippen LogP contribution in [0, 0.1) is 0 Å². The van der Waals surface area contributed by atoms with E-state index in [1.165, 1.54) is 32.8 Å². The van der Waals surface area contributed by atoms with E-state index in [-0.39, 0.29) is 22.5 Å². The lowest BCUT2D eigenvalue weighted by molar-refractivity contribution is 0.377. The summed E-state index contributed by atoms with van der Waals surface area (Å²) in [5, 5.41) is 0.141. The van der Waals surface area contributed by atoms with Crippen LogP contribution < -0.4 is 10.3 Å². The maximum absolute atomic E-state index is 12.1. The Hall–Kier alpha value is -1.03. The minimum Gasteiger partial charge on any atom is -0.489 e. The van der Waals surface area contributed by atoms with E-state index in [9.17, 15) is 4.79 Å². The van der Waals surface area contributed by atoms with Gasteiger partial charge in [0.2, 0.25) is 5.75 Å². The summed E-state index contributed by atoms with van der Waals surface area (Å²) in [6.45, 7) is 0. The lowest BCUT2D eigenvalue weighted by Crippen LogP contribution is -2.26. The van der Waals surface area contributed by atoms with Crippen molar-refractivity contribution < 1.29 is 4.74 Å². The molecule has 0 unspecified atom stereocenters. The van der Waals surface area contributed by atoms with Crippen LogP contribution in [0.3, 0.4) is 0 Å². The number of aromatic nitrogens is 2. The average Bonchev–Trinajstić information content (AvgIpc) is 2.58. The summed E-state index contributed by atoms with van der Waals surface area (Å²) in [7, 11) is 1.45. The van der Waals surface area contributed by atoms with Crippen LogP contribution in [-0.4, -0.2) is 16.7 Å². The largest absolute Gasteiger partial charge is 0.489 e. The molecule has 1 fully saturated rings. The molecule has 17 heavy (non-hydrogen) atoms. The third kappa shape index (κ3) is 2.63. The van der Waals surface area contributed by atoms with Gasteiger partial charge in [-0.2, -0.15) is 0 Å². The highest BCUT2D eigenvalue weighted by atomic mass is 35.5. The van der Waals surface area contributed by atoms with Gasteiger partial charge in [-0.25, -0.2) is 4.98 Å². The number of halogens is 1. The van der Waals surface area contributed by atoms with Crippen LogP contribution in [0.4, 0.5) is 0 Å². The number of hydrogen-bond donors (Lipinski definition) is 0. The molecule has 0 bridgehead atoms. The molecule has 4 nitrogen and oxygen atoms in total. The normalized spacial score (nSPS) is 17.8. The fourth-order valence-corrected chi connectivity index (χ4v) is 2.60. The Balaban J connectivity index is 2.34. The molecule has 0 saturated heterocycles. The number of rotatable bonds is 2. The van der Waals surface area contributed by atoms with Gasteiger partial charge in [0.25, 0.3) is 5.56 Å². The Morgan fingerprint density at radius 1 is 1.35 bits per heavy atom. The summed E-state index contributed by atoms with van der Waals surface area (Å²) in [4.78, 5) is 16.2. The molecule has 1 aliphatic carbocycles. The van der Waals surface area contributed by atoms with Crippen LogP contribution in [0.15, 0.2) is 11.1 Å². The SMILES string of the molecule is COc1c(Cl)ncn(C2CCCCCC2)c1=O. The van der Waals surface area contributed by atoms with Crippen LogP contribution in [0.1, 0.15) is 44.6 Å². The van der Waals surface area contributed by atoms with Crippen molar-refractivity contribution in [3.63, 3.8) is 0 Å². The molecule has 1 aliphatic rings. The topological polar surface area (TPSA) is 44.1 Å². The Morgan fingerprint density at radius 3 is 2.59 bits per heavy atom. The second-order valence-electron chi connectivity index (χ2n) is 4.43. The van der Waals surface area contributed by atoms with E-state index in [1.54, 1.807) is 10.9 Å². The maximum Gasteiger partial charge on any atom is 0.297 e. The van der Waals surface area contributed by atoms with Gasteiger partial charge in [0.1, 0.15) is 0 Å². The summed E-state index contributed by atoms with van der Waals surface area (Å²) in [5.74, 6) is 0.151. The van der Waals surface area contributed by atoms with Gasteiger partial charge in [0.05, 0.1) is 13.4 Å². The van der Waals surface area contributed by atoms with Crippen molar-refractivity contribution in [2.24, 2.45) is 0 Å². The van der Waals surface area contributed by atoms with Gasteiger partial charge in [0.15, 0.2) is 5.15 Å². The van der Waals surface area contributed by atoms with Gasteiger partial charge >= 0.3 is 0 Å². The summed E-state index contributed by atoms with van der Waals surface area (Å²) in [6, 6.07) is 0.240. The standard InChI is InChI=1S/C12H17ClN2O2/c1-17-10-11(13)14-8-15(12(10)16)9-6-4-2-3-5-7-9/h8-9H,2-7H2,1H3. The molecule has 94 valence electrons. The molecular formula is C12H17ClN2O2. The fraction of sp³-hybridized carbons (Fsp3) is 0.667. The fourth-order valence-electron chi connectivity index (χ4n) is 2.40. The first-order chi connectivity index (χ1) is 8.24. The molecule has 1 heterocycles. The van der Waals surface area contributed by atoms with E-state index >= 15 is 0 Å². The molecule has 1 aromatic rings. The minimum atomic E-state index is -0.167. The van der Waals surface area contributed by atoms with Gasteiger partial charge in [-0.15, -0.1) is 0 Å². The van der Waals surface area contributed by atoms with E-state index in [2.05, 4.69) is 4.98 Å². The lowest BCUT2D eigenvalue weighted by atomic mass is 10.1. The zero-order valence-corrected chi connectivity index (χ0v) is 10.7. The maximum atomic E-state index is 12.1. The third-order valence-electron chi connectivity index (χ3n) is 3.33. The Bertz CT molecular complexity index is 437. The molecule has 0 aliphatic heterocycles. The van der Waals surface area contributed by atoms with E-state index in [0.29, 0.717) is 0 Å². The summed E-state index contributed by atoms with van der Waals surface area (Å²) >= 11 is 5.82. The van der Waals surface area contributed by atoms with Crippen LogP contribution in [0.2, 0.25) is 5.15 Å². The quantitative estimate of drug-likeness (QED) is 0.604. The van der Waals surface area contributed by atoms with E-state index < -0.39 is 0 Å². The van der Waals surface area contributed by atoms with Crippen molar-refractivity contribution >= 4 is 11.6 Å². The Labute approximate surface area is 106 Å². The van der Waals surface area contributed by atoms with Crippen LogP contribution in [-0.2, 0) is 0 Å². The molecule has 2 rings (SSSR count). The molecular weight excluding hydrogens is 240 g/mol. The zero-order chi connectivity index (χ0) is 12.3. The van der Waals surface area contributed by atoms with Crippen molar-refractivity contribution in [1.82, 2.24) is 9.55 Å². The van der Waals surface area contributed by atoms with E-state index in [1.807, 2.05) is 0 Å².